The van der Waals surface area contributed by atoms with E-state index >= 15 is 0 Å². The van der Waals surface area contributed by atoms with Crippen LogP contribution in [0.5, 0.6) is 0 Å². The molecule has 1 atom stereocenters. The van der Waals surface area contributed by atoms with Gasteiger partial charge in [-0.25, -0.2) is 0 Å². The van der Waals surface area contributed by atoms with Crippen molar-refractivity contribution in [3.8, 4) is 11.1 Å². The molecular formula is C16H19N3O. The van der Waals surface area contributed by atoms with E-state index in [0.29, 0.717) is 6.54 Å². The number of hydrogen-bond acceptors (Lipinski definition) is 3. The molecule has 104 valence electrons. The molecule has 1 aromatic carbocycles. The monoisotopic (exact) mass is 269 g/mol. The zero-order chi connectivity index (χ0) is 14.4. The fourth-order valence-corrected chi connectivity index (χ4v) is 2.03. The summed E-state index contributed by atoms with van der Waals surface area (Å²) in [5.74, 6) is -0.00339. The Hall–Kier alpha value is -2.20. The third-order valence-electron chi connectivity index (χ3n) is 3.12. The van der Waals surface area contributed by atoms with Gasteiger partial charge in [-0.15, -0.1) is 0 Å². The largest absolute Gasteiger partial charge is 0.348 e. The Morgan fingerprint density at radius 1 is 1.20 bits per heavy atom. The van der Waals surface area contributed by atoms with E-state index in [-0.39, 0.29) is 11.9 Å². The first-order valence-corrected chi connectivity index (χ1v) is 6.65. The fourth-order valence-electron chi connectivity index (χ4n) is 2.03. The molecule has 1 unspecified atom stereocenters. The molecule has 0 aliphatic heterocycles. The number of carbonyl (C=O) groups is 1. The van der Waals surface area contributed by atoms with Gasteiger partial charge in [-0.1, -0.05) is 30.3 Å². The van der Waals surface area contributed by atoms with E-state index < -0.39 is 0 Å². The Bertz CT molecular complexity index is 552. The number of hydrogen-bond donors (Lipinski definition) is 2. The molecule has 2 aromatic rings. The summed E-state index contributed by atoms with van der Waals surface area (Å²) in [6.07, 6.45) is 3.60. The maximum absolute atomic E-state index is 11.5. The molecule has 2 N–H and O–H groups in total. The molecule has 1 aromatic heterocycles. The van der Waals surface area contributed by atoms with E-state index in [1.54, 1.807) is 13.2 Å². The summed E-state index contributed by atoms with van der Waals surface area (Å²) in [4.78, 5) is 15.6. The topological polar surface area (TPSA) is 54.0 Å². The first-order chi connectivity index (χ1) is 9.70. The van der Waals surface area contributed by atoms with Crippen molar-refractivity contribution < 1.29 is 4.79 Å². The molecule has 0 bridgehead atoms. The van der Waals surface area contributed by atoms with Gasteiger partial charge in [0.2, 0.25) is 5.91 Å². The molecule has 0 radical (unpaired) electrons. The first kappa shape index (κ1) is 14.2. The van der Waals surface area contributed by atoms with Crippen molar-refractivity contribution in [3.63, 3.8) is 0 Å². The molecule has 0 saturated carbocycles. The molecule has 20 heavy (non-hydrogen) atoms. The van der Waals surface area contributed by atoms with Crippen LogP contribution in [0, 0.1) is 0 Å². The molecule has 0 saturated heterocycles. The number of rotatable bonds is 5. The van der Waals surface area contributed by atoms with Crippen molar-refractivity contribution >= 4 is 5.91 Å². The lowest BCUT2D eigenvalue weighted by molar-refractivity contribution is -0.120. The van der Waals surface area contributed by atoms with Gasteiger partial charge in [-0.3, -0.25) is 9.78 Å². The Labute approximate surface area is 119 Å². The zero-order valence-electron chi connectivity index (χ0n) is 11.8. The maximum atomic E-state index is 11.5. The molecule has 4 heteroatoms. The molecule has 1 heterocycles. The van der Waals surface area contributed by atoms with Gasteiger partial charge in [0.05, 0.1) is 12.6 Å². The van der Waals surface area contributed by atoms with E-state index in [2.05, 4.69) is 15.6 Å². The SMILES string of the molecule is CNCC(=O)NC(C)c1ccc(-c2cccnc2)cc1. The number of carbonyl (C=O) groups excluding carboxylic acids is 1. The number of pyridine rings is 1. The van der Waals surface area contributed by atoms with E-state index in [4.69, 9.17) is 0 Å². The first-order valence-electron chi connectivity index (χ1n) is 6.65. The summed E-state index contributed by atoms with van der Waals surface area (Å²) < 4.78 is 0. The Morgan fingerprint density at radius 3 is 2.55 bits per heavy atom. The minimum Gasteiger partial charge on any atom is -0.348 e. The highest BCUT2D eigenvalue weighted by atomic mass is 16.1. The molecule has 0 spiro atoms. The molecule has 0 aliphatic rings. The summed E-state index contributed by atoms with van der Waals surface area (Å²) in [5.41, 5.74) is 3.30. The van der Waals surface area contributed by atoms with Crippen LogP contribution in [0.1, 0.15) is 18.5 Å². The number of benzene rings is 1. The summed E-state index contributed by atoms with van der Waals surface area (Å²) >= 11 is 0. The van der Waals surface area contributed by atoms with Gasteiger partial charge in [-0.2, -0.15) is 0 Å². The number of likely N-dealkylation sites (N-methyl/N-ethyl adjacent to an activating group) is 1. The van der Waals surface area contributed by atoms with Gasteiger partial charge in [0.1, 0.15) is 0 Å². The van der Waals surface area contributed by atoms with E-state index in [0.717, 1.165) is 16.7 Å². The Morgan fingerprint density at radius 2 is 1.95 bits per heavy atom. The van der Waals surface area contributed by atoms with Gasteiger partial charge in [0.15, 0.2) is 0 Å². The number of nitrogens with zero attached hydrogens (tertiary/aromatic N) is 1. The van der Waals surface area contributed by atoms with E-state index in [1.165, 1.54) is 0 Å². The van der Waals surface area contributed by atoms with Crippen LogP contribution in [0.25, 0.3) is 11.1 Å². The van der Waals surface area contributed by atoms with E-state index in [1.807, 2.05) is 49.5 Å². The van der Waals surface area contributed by atoms with E-state index in [9.17, 15) is 4.79 Å². The Balaban J connectivity index is 2.06. The van der Waals surface area contributed by atoms with Crippen LogP contribution >= 0.6 is 0 Å². The summed E-state index contributed by atoms with van der Waals surface area (Å²) in [5, 5.41) is 5.78. The molecule has 4 nitrogen and oxygen atoms in total. The fraction of sp³-hybridized carbons (Fsp3) is 0.250. The average Bonchev–Trinajstić information content (AvgIpc) is 2.48. The second-order valence-electron chi connectivity index (χ2n) is 4.68. The lowest BCUT2D eigenvalue weighted by Crippen LogP contribution is -2.33. The second kappa shape index (κ2) is 6.82. The summed E-state index contributed by atoms with van der Waals surface area (Å²) in [7, 11) is 1.76. The van der Waals surface area contributed by atoms with Crippen LogP contribution < -0.4 is 10.6 Å². The minimum absolute atomic E-state index is 0.00111. The van der Waals surface area contributed by atoms with Crippen molar-refractivity contribution in [2.75, 3.05) is 13.6 Å². The number of amides is 1. The third-order valence-corrected chi connectivity index (χ3v) is 3.12. The van der Waals surface area contributed by atoms with Crippen molar-refractivity contribution in [2.45, 2.75) is 13.0 Å². The minimum atomic E-state index is -0.00339. The quantitative estimate of drug-likeness (QED) is 0.874. The molecule has 0 aliphatic carbocycles. The Kier molecular flexibility index (Phi) is 4.85. The van der Waals surface area contributed by atoms with Gasteiger partial charge < -0.3 is 10.6 Å². The number of nitrogens with one attached hydrogen (secondary N) is 2. The van der Waals surface area contributed by atoms with Crippen LogP contribution in [-0.4, -0.2) is 24.5 Å². The van der Waals surface area contributed by atoms with Crippen molar-refractivity contribution in [1.82, 2.24) is 15.6 Å². The predicted octanol–water partition coefficient (Wildman–Crippen LogP) is 2.15. The molecule has 2 rings (SSSR count). The predicted molar refractivity (Wildman–Crippen MR) is 80.2 cm³/mol. The van der Waals surface area contributed by atoms with Crippen LogP contribution in [-0.2, 0) is 4.79 Å². The highest BCUT2D eigenvalue weighted by Crippen LogP contribution is 2.21. The number of aromatic nitrogens is 1. The van der Waals surface area contributed by atoms with Crippen LogP contribution in [0.2, 0.25) is 0 Å². The zero-order valence-corrected chi connectivity index (χ0v) is 11.8. The third kappa shape index (κ3) is 3.65. The average molecular weight is 269 g/mol. The molecule has 0 fully saturated rings. The standard InChI is InChI=1S/C16H19N3O/c1-12(19-16(20)11-17-2)13-5-7-14(8-6-13)15-4-3-9-18-10-15/h3-10,12,17H,11H2,1-2H3,(H,19,20). The molecule has 1 amide bonds. The van der Waals surface area contributed by atoms with Crippen molar-refractivity contribution in [1.29, 1.82) is 0 Å². The lowest BCUT2D eigenvalue weighted by Gasteiger charge is -2.14. The van der Waals surface area contributed by atoms with Gasteiger partial charge in [0, 0.05) is 12.4 Å². The van der Waals surface area contributed by atoms with Crippen molar-refractivity contribution in [2.24, 2.45) is 0 Å². The highest BCUT2D eigenvalue weighted by molar-refractivity contribution is 5.78. The normalized spacial score (nSPS) is 11.9. The van der Waals surface area contributed by atoms with Crippen LogP contribution in [0.15, 0.2) is 48.8 Å². The molecular weight excluding hydrogens is 250 g/mol. The van der Waals surface area contributed by atoms with Gasteiger partial charge >= 0.3 is 0 Å². The second-order valence-corrected chi connectivity index (χ2v) is 4.68. The summed E-state index contributed by atoms with van der Waals surface area (Å²) in [6, 6.07) is 12.1. The summed E-state index contributed by atoms with van der Waals surface area (Å²) in [6.45, 7) is 2.31. The van der Waals surface area contributed by atoms with Crippen molar-refractivity contribution in [3.05, 3.63) is 54.4 Å². The van der Waals surface area contributed by atoms with Crippen LogP contribution in [0.4, 0.5) is 0 Å². The maximum Gasteiger partial charge on any atom is 0.234 e. The van der Waals surface area contributed by atoms with Gasteiger partial charge in [-0.05, 0) is 36.7 Å². The highest BCUT2D eigenvalue weighted by Gasteiger charge is 2.08. The smallest absolute Gasteiger partial charge is 0.234 e. The van der Waals surface area contributed by atoms with Crippen LogP contribution in [0.3, 0.4) is 0 Å². The van der Waals surface area contributed by atoms with Gasteiger partial charge in [0.25, 0.3) is 0 Å². The lowest BCUT2D eigenvalue weighted by atomic mass is 10.0.